The van der Waals surface area contributed by atoms with Crippen LogP contribution in [0.25, 0.3) is 0 Å². The van der Waals surface area contributed by atoms with Crippen molar-refractivity contribution in [2.24, 2.45) is 0 Å². The van der Waals surface area contributed by atoms with E-state index in [1.165, 1.54) is 0 Å². The van der Waals surface area contributed by atoms with Crippen LogP contribution in [0.2, 0.25) is 0 Å². The van der Waals surface area contributed by atoms with Crippen LogP contribution in [0.1, 0.15) is 6.42 Å². The normalized spacial score (nSPS) is 33.0. The van der Waals surface area contributed by atoms with Crippen LogP contribution in [0.15, 0.2) is 0 Å². The highest BCUT2D eigenvalue weighted by Crippen LogP contribution is 2.36. The van der Waals surface area contributed by atoms with Crippen molar-refractivity contribution < 1.29 is 14.6 Å². The largest absolute Gasteiger partial charge is 0.440 e. The molecule has 13 heavy (non-hydrogen) atoms. The minimum Gasteiger partial charge on any atom is -0.440 e. The van der Waals surface area contributed by atoms with Gasteiger partial charge in [-0.2, -0.15) is 11.8 Å². The Labute approximate surface area is 81.2 Å². The van der Waals surface area contributed by atoms with Gasteiger partial charge < -0.3 is 14.7 Å². The number of aliphatic hydroxyl groups excluding tert-OH is 1. The number of thioether (sulfide) groups is 1. The van der Waals surface area contributed by atoms with Gasteiger partial charge in [0.15, 0.2) is 0 Å². The molecule has 1 atom stereocenters. The van der Waals surface area contributed by atoms with E-state index in [4.69, 9.17) is 9.84 Å². The number of hydrogen-bond acceptors (Lipinski definition) is 4. The summed E-state index contributed by atoms with van der Waals surface area (Å²) in [6, 6.07) is 0. The van der Waals surface area contributed by atoms with E-state index >= 15 is 0 Å². The summed E-state index contributed by atoms with van der Waals surface area (Å²) in [5.41, 5.74) is -0.239. The van der Waals surface area contributed by atoms with Crippen LogP contribution in [0.3, 0.4) is 0 Å². The van der Waals surface area contributed by atoms with Crippen LogP contribution in [-0.2, 0) is 4.74 Å². The van der Waals surface area contributed by atoms with E-state index in [2.05, 4.69) is 0 Å². The highest BCUT2D eigenvalue weighted by molar-refractivity contribution is 7.99. The summed E-state index contributed by atoms with van der Waals surface area (Å²) in [6.07, 6.45) is 0.683. The van der Waals surface area contributed by atoms with Gasteiger partial charge in [0.25, 0.3) is 0 Å². The van der Waals surface area contributed by atoms with Gasteiger partial charge in [-0.05, 0) is 12.2 Å². The standard InChI is InChI=1S/C8H13NO3S/c10-3-2-9-5-8(12-7(9)11)1-4-13-6-8/h10H,1-6H2. The predicted molar refractivity (Wildman–Crippen MR) is 49.8 cm³/mol. The summed E-state index contributed by atoms with van der Waals surface area (Å²) in [7, 11) is 0. The number of carbonyl (C=O) groups is 1. The fourth-order valence-corrected chi connectivity index (χ4v) is 3.11. The first-order valence-corrected chi connectivity index (χ1v) is 5.58. The second-order valence-corrected chi connectivity index (χ2v) is 4.60. The smallest absolute Gasteiger partial charge is 0.410 e. The molecule has 0 aromatic carbocycles. The van der Waals surface area contributed by atoms with Gasteiger partial charge in [-0.15, -0.1) is 0 Å². The van der Waals surface area contributed by atoms with E-state index in [1.807, 2.05) is 11.8 Å². The maximum absolute atomic E-state index is 11.3. The molecule has 0 radical (unpaired) electrons. The van der Waals surface area contributed by atoms with E-state index in [1.54, 1.807) is 4.90 Å². The molecule has 0 saturated carbocycles. The van der Waals surface area contributed by atoms with Crippen LogP contribution in [0, 0.1) is 0 Å². The maximum atomic E-state index is 11.3. The Kier molecular flexibility index (Phi) is 2.38. The van der Waals surface area contributed by atoms with Gasteiger partial charge in [0, 0.05) is 12.3 Å². The van der Waals surface area contributed by atoms with Crippen molar-refractivity contribution >= 4 is 17.9 Å². The van der Waals surface area contributed by atoms with Crippen molar-refractivity contribution in [1.29, 1.82) is 0 Å². The Bertz CT molecular complexity index is 215. The van der Waals surface area contributed by atoms with E-state index in [0.29, 0.717) is 13.1 Å². The lowest BCUT2D eigenvalue weighted by Gasteiger charge is -2.18. The second kappa shape index (κ2) is 3.38. The molecule has 2 rings (SSSR count). The fraction of sp³-hybridized carbons (Fsp3) is 0.875. The van der Waals surface area contributed by atoms with Gasteiger partial charge >= 0.3 is 6.09 Å². The molecule has 1 spiro atoms. The molecule has 74 valence electrons. The molecule has 2 saturated heterocycles. The van der Waals surface area contributed by atoms with Crippen molar-refractivity contribution in [2.75, 3.05) is 31.2 Å². The van der Waals surface area contributed by atoms with Crippen LogP contribution in [-0.4, -0.2) is 52.9 Å². The molecule has 0 aliphatic carbocycles. The van der Waals surface area contributed by atoms with Crippen LogP contribution < -0.4 is 0 Å². The highest BCUT2D eigenvalue weighted by Gasteiger charge is 2.46. The molecule has 2 heterocycles. The second-order valence-electron chi connectivity index (χ2n) is 3.50. The molecule has 1 unspecified atom stereocenters. The Morgan fingerprint density at radius 1 is 1.69 bits per heavy atom. The summed E-state index contributed by atoms with van der Waals surface area (Å²) < 4.78 is 5.33. The summed E-state index contributed by atoms with van der Waals surface area (Å²) in [6.45, 7) is 1.06. The summed E-state index contributed by atoms with van der Waals surface area (Å²) in [4.78, 5) is 12.9. The first-order valence-electron chi connectivity index (χ1n) is 4.42. The Morgan fingerprint density at radius 2 is 2.54 bits per heavy atom. The molecule has 2 aliphatic heterocycles. The van der Waals surface area contributed by atoms with Gasteiger partial charge in [-0.3, -0.25) is 0 Å². The molecule has 4 nitrogen and oxygen atoms in total. The lowest BCUT2D eigenvalue weighted by Crippen LogP contribution is -2.35. The molecule has 5 heteroatoms. The number of nitrogens with zero attached hydrogens (tertiary/aromatic N) is 1. The average Bonchev–Trinajstić information content (AvgIpc) is 2.63. The predicted octanol–water partition coefficient (Wildman–Crippen LogP) is 0.307. The molecule has 0 bridgehead atoms. The molecular weight excluding hydrogens is 190 g/mol. The van der Waals surface area contributed by atoms with Crippen LogP contribution >= 0.6 is 11.8 Å². The lowest BCUT2D eigenvalue weighted by atomic mass is 10.0. The van der Waals surface area contributed by atoms with Crippen molar-refractivity contribution in [2.45, 2.75) is 12.0 Å². The summed E-state index contributed by atoms with van der Waals surface area (Å²) >= 11 is 1.83. The van der Waals surface area contributed by atoms with Crippen molar-refractivity contribution in [3.63, 3.8) is 0 Å². The van der Waals surface area contributed by atoms with E-state index in [-0.39, 0.29) is 18.3 Å². The van der Waals surface area contributed by atoms with Gasteiger partial charge in [-0.25, -0.2) is 4.79 Å². The van der Waals surface area contributed by atoms with Crippen molar-refractivity contribution in [1.82, 2.24) is 4.90 Å². The zero-order valence-corrected chi connectivity index (χ0v) is 8.18. The number of amides is 1. The zero-order chi connectivity index (χ0) is 9.31. The summed E-state index contributed by atoms with van der Waals surface area (Å²) in [5.74, 6) is 1.97. The van der Waals surface area contributed by atoms with E-state index < -0.39 is 0 Å². The number of hydrogen-bond donors (Lipinski definition) is 1. The molecule has 1 amide bonds. The Balaban J connectivity index is 2.01. The third kappa shape index (κ3) is 1.62. The first kappa shape index (κ1) is 9.15. The lowest BCUT2D eigenvalue weighted by molar-refractivity contribution is 0.0773. The fourth-order valence-electron chi connectivity index (χ4n) is 1.78. The molecular formula is C8H13NO3S. The molecule has 0 aromatic heterocycles. The SMILES string of the molecule is O=C1OC2(CCSC2)CN1CCO. The van der Waals surface area contributed by atoms with Crippen LogP contribution in [0.4, 0.5) is 4.79 Å². The van der Waals surface area contributed by atoms with Crippen LogP contribution in [0.5, 0.6) is 0 Å². The molecule has 0 aromatic rings. The topological polar surface area (TPSA) is 49.8 Å². The number of rotatable bonds is 2. The Hall–Kier alpha value is -0.420. The number of β-amino-alcohol motifs (C(OH)–C–C–N with tert-alkyl or cyclic N) is 1. The van der Waals surface area contributed by atoms with Crippen molar-refractivity contribution in [3.05, 3.63) is 0 Å². The number of carbonyl (C=O) groups excluding carboxylic acids is 1. The van der Waals surface area contributed by atoms with E-state index in [9.17, 15) is 4.79 Å². The minimum absolute atomic E-state index is 0.0122. The Morgan fingerprint density at radius 3 is 3.15 bits per heavy atom. The third-order valence-corrected chi connectivity index (χ3v) is 3.70. The number of ether oxygens (including phenoxy) is 1. The average molecular weight is 203 g/mol. The molecule has 2 aliphatic rings. The molecule has 2 fully saturated rings. The number of aliphatic hydroxyl groups is 1. The molecule has 1 N–H and O–H groups in total. The minimum atomic E-state index is -0.267. The van der Waals surface area contributed by atoms with Gasteiger partial charge in [-0.1, -0.05) is 0 Å². The third-order valence-electron chi connectivity index (χ3n) is 2.48. The first-order chi connectivity index (χ1) is 6.26. The monoisotopic (exact) mass is 203 g/mol. The quantitative estimate of drug-likeness (QED) is 0.701. The maximum Gasteiger partial charge on any atom is 0.410 e. The zero-order valence-electron chi connectivity index (χ0n) is 7.36. The van der Waals surface area contributed by atoms with Gasteiger partial charge in [0.2, 0.25) is 0 Å². The highest BCUT2D eigenvalue weighted by atomic mass is 32.2. The van der Waals surface area contributed by atoms with Gasteiger partial charge in [0.05, 0.1) is 13.2 Å². The van der Waals surface area contributed by atoms with Gasteiger partial charge in [0.1, 0.15) is 5.60 Å². The van der Waals surface area contributed by atoms with E-state index in [0.717, 1.165) is 17.9 Å². The summed E-state index contributed by atoms with van der Waals surface area (Å²) in [5, 5.41) is 8.72. The van der Waals surface area contributed by atoms with Crippen molar-refractivity contribution in [3.8, 4) is 0 Å².